The molecule has 0 aliphatic carbocycles. The fourth-order valence-corrected chi connectivity index (χ4v) is 4.21. The van der Waals surface area contributed by atoms with E-state index in [9.17, 15) is 22.8 Å². The molecule has 0 bridgehead atoms. The lowest BCUT2D eigenvalue weighted by Crippen LogP contribution is -2.31. The molecule has 10 heteroatoms. The molecule has 0 saturated carbocycles. The third-order valence-corrected chi connectivity index (χ3v) is 5.98. The van der Waals surface area contributed by atoms with Gasteiger partial charge in [-0.2, -0.15) is 0 Å². The third kappa shape index (κ3) is 6.14. The van der Waals surface area contributed by atoms with Crippen LogP contribution in [0, 0.1) is 6.92 Å². The van der Waals surface area contributed by atoms with E-state index in [1.165, 1.54) is 23.1 Å². The number of aryl methyl sites for hydroxylation is 1. The van der Waals surface area contributed by atoms with Crippen LogP contribution < -0.4 is 15.0 Å². The number of aliphatic imine (C=N–C) groups is 1. The Morgan fingerprint density at radius 2 is 1.69 bits per heavy atom. The lowest BCUT2D eigenvalue weighted by molar-refractivity contribution is -0.274. The van der Waals surface area contributed by atoms with Gasteiger partial charge in [-0.25, -0.2) is 4.99 Å². The molecule has 3 aromatic rings. The highest BCUT2D eigenvalue weighted by Gasteiger charge is 2.33. The summed E-state index contributed by atoms with van der Waals surface area (Å²) in [6.07, 6.45) is -3.21. The number of amidine groups is 1. The van der Waals surface area contributed by atoms with E-state index in [1.54, 1.807) is 30.3 Å². The number of nitrogens with zero attached hydrogens (tertiary/aromatic N) is 2. The van der Waals surface area contributed by atoms with Gasteiger partial charge in [-0.15, -0.1) is 13.2 Å². The van der Waals surface area contributed by atoms with Crippen LogP contribution in [0.1, 0.15) is 11.1 Å². The molecule has 0 unspecified atom stereocenters. The summed E-state index contributed by atoms with van der Waals surface area (Å²) in [7, 11) is 0. The first kappa shape index (κ1) is 25.1. The van der Waals surface area contributed by atoms with Gasteiger partial charge in [0.1, 0.15) is 5.70 Å². The van der Waals surface area contributed by atoms with E-state index in [-0.39, 0.29) is 28.2 Å². The lowest BCUT2D eigenvalue weighted by atomic mass is 10.1. The highest BCUT2D eigenvalue weighted by atomic mass is 32.2. The smallest absolute Gasteiger partial charge is 0.404 e. The number of benzene rings is 3. The molecule has 2 amide bonds. The molecule has 3 aromatic carbocycles. The van der Waals surface area contributed by atoms with Crippen LogP contribution in [-0.2, 0) is 9.59 Å². The quantitative estimate of drug-likeness (QED) is 0.412. The fourth-order valence-electron chi connectivity index (χ4n) is 3.39. The zero-order valence-corrected chi connectivity index (χ0v) is 19.8. The van der Waals surface area contributed by atoms with Crippen molar-refractivity contribution in [3.05, 3.63) is 95.7 Å². The maximum atomic E-state index is 13.3. The molecule has 6 nitrogen and oxygen atoms in total. The summed E-state index contributed by atoms with van der Waals surface area (Å²) in [5.74, 6) is -1.66. The number of carbonyl (C=O) groups excluding carboxylic acids is 2. The second-order valence-corrected chi connectivity index (χ2v) is 8.58. The Morgan fingerprint density at radius 3 is 2.42 bits per heavy atom. The van der Waals surface area contributed by atoms with Gasteiger partial charge in [-0.05, 0) is 48.4 Å². The number of amides is 2. The van der Waals surface area contributed by atoms with Gasteiger partial charge in [0.2, 0.25) is 5.91 Å². The van der Waals surface area contributed by atoms with Gasteiger partial charge in [-0.3, -0.25) is 14.5 Å². The first-order chi connectivity index (χ1) is 17.2. The zero-order chi connectivity index (χ0) is 25.7. The molecule has 0 saturated heterocycles. The van der Waals surface area contributed by atoms with Crippen LogP contribution in [0.3, 0.4) is 0 Å². The van der Waals surface area contributed by atoms with Gasteiger partial charge in [0, 0.05) is 0 Å². The summed E-state index contributed by atoms with van der Waals surface area (Å²) in [6.45, 7) is 1.92. The summed E-state index contributed by atoms with van der Waals surface area (Å²) < 4.78 is 42.0. The SMILES string of the molecule is Cc1ccccc1/C=C1\N=C(SCC(=O)Nc2ccccc2OC(F)(F)F)N(c2ccccc2)C1=O. The summed E-state index contributed by atoms with van der Waals surface area (Å²) in [4.78, 5) is 31.7. The number of ether oxygens (including phenoxy) is 1. The van der Waals surface area contributed by atoms with Gasteiger partial charge in [-0.1, -0.05) is 66.4 Å². The van der Waals surface area contributed by atoms with E-state index >= 15 is 0 Å². The largest absolute Gasteiger partial charge is 0.573 e. The predicted octanol–water partition coefficient (Wildman–Crippen LogP) is 6.01. The first-order valence-electron chi connectivity index (χ1n) is 10.7. The van der Waals surface area contributed by atoms with Crippen molar-refractivity contribution in [3.8, 4) is 5.75 Å². The van der Waals surface area contributed by atoms with Gasteiger partial charge in [0.15, 0.2) is 10.9 Å². The van der Waals surface area contributed by atoms with Gasteiger partial charge >= 0.3 is 6.36 Å². The molecule has 1 N–H and O–H groups in total. The van der Waals surface area contributed by atoms with E-state index < -0.39 is 18.0 Å². The number of alkyl halides is 3. The maximum absolute atomic E-state index is 13.3. The number of anilines is 2. The number of halogens is 3. The van der Waals surface area contributed by atoms with Crippen LogP contribution >= 0.6 is 11.8 Å². The van der Waals surface area contributed by atoms with E-state index in [2.05, 4.69) is 15.0 Å². The number of rotatable bonds is 6. The Balaban J connectivity index is 1.54. The molecule has 184 valence electrons. The van der Waals surface area contributed by atoms with Crippen molar-refractivity contribution in [2.75, 3.05) is 16.0 Å². The van der Waals surface area contributed by atoms with Crippen LogP contribution in [0.5, 0.6) is 5.75 Å². The number of hydrogen-bond acceptors (Lipinski definition) is 5. The van der Waals surface area contributed by atoms with E-state index in [0.29, 0.717) is 5.69 Å². The van der Waals surface area contributed by atoms with Crippen LogP contribution in [0.2, 0.25) is 0 Å². The van der Waals surface area contributed by atoms with Crippen molar-refractivity contribution >= 4 is 46.2 Å². The minimum absolute atomic E-state index is 0.120. The number of carbonyl (C=O) groups is 2. The molecule has 0 fully saturated rings. The molecule has 1 aliphatic heterocycles. The molecule has 0 spiro atoms. The minimum atomic E-state index is -4.90. The zero-order valence-electron chi connectivity index (χ0n) is 19.0. The normalized spacial score (nSPS) is 14.7. The Bertz CT molecular complexity index is 1340. The van der Waals surface area contributed by atoms with Gasteiger partial charge < -0.3 is 10.1 Å². The van der Waals surface area contributed by atoms with Gasteiger partial charge in [0.05, 0.1) is 17.1 Å². The summed E-state index contributed by atoms with van der Waals surface area (Å²) in [5, 5.41) is 2.70. The monoisotopic (exact) mass is 511 g/mol. The molecule has 36 heavy (non-hydrogen) atoms. The number of nitrogens with one attached hydrogen (secondary N) is 1. The van der Waals surface area contributed by atoms with E-state index in [1.807, 2.05) is 37.3 Å². The molecule has 4 rings (SSSR count). The Hall–Kier alpha value is -4.05. The van der Waals surface area contributed by atoms with Crippen LogP contribution in [0.15, 0.2) is 89.6 Å². The highest BCUT2D eigenvalue weighted by Crippen LogP contribution is 2.32. The van der Waals surface area contributed by atoms with Crippen molar-refractivity contribution < 1.29 is 27.5 Å². The van der Waals surface area contributed by atoms with Crippen molar-refractivity contribution in [2.45, 2.75) is 13.3 Å². The van der Waals surface area contributed by atoms with Gasteiger partial charge in [0.25, 0.3) is 5.91 Å². The van der Waals surface area contributed by atoms with Crippen LogP contribution in [-0.4, -0.2) is 29.1 Å². The molecule has 0 atom stereocenters. The third-order valence-electron chi connectivity index (χ3n) is 5.04. The molecule has 0 aromatic heterocycles. The Labute approximate surface area is 209 Å². The Kier molecular flexibility index (Phi) is 7.44. The van der Waals surface area contributed by atoms with Crippen molar-refractivity contribution in [2.24, 2.45) is 4.99 Å². The van der Waals surface area contributed by atoms with Crippen molar-refractivity contribution in [1.82, 2.24) is 0 Å². The summed E-state index contributed by atoms with van der Waals surface area (Å²) in [5.41, 5.74) is 2.47. The van der Waals surface area contributed by atoms with E-state index in [0.717, 1.165) is 29.0 Å². The second-order valence-electron chi connectivity index (χ2n) is 7.64. The lowest BCUT2D eigenvalue weighted by Gasteiger charge is -2.18. The average Bonchev–Trinajstić information content (AvgIpc) is 3.15. The topological polar surface area (TPSA) is 71.0 Å². The Morgan fingerprint density at radius 1 is 1.03 bits per heavy atom. The molecule has 1 aliphatic rings. The first-order valence-corrected chi connectivity index (χ1v) is 11.7. The number of para-hydroxylation sites is 3. The van der Waals surface area contributed by atoms with E-state index in [4.69, 9.17) is 0 Å². The second kappa shape index (κ2) is 10.7. The standard InChI is InChI=1S/C26H20F3N3O3S/c1-17-9-5-6-10-18(17)15-21-24(34)32(19-11-3-2-4-12-19)25(31-21)36-16-23(33)30-20-13-7-8-14-22(20)35-26(27,28)29/h2-15H,16H2,1H3,(H,30,33)/b21-15-. The summed E-state index contributed by atoms with van der Waals surface area (Å²) >= 11 is 0.995. The van der Waals surface area contributed by atoms with Crippen molar-refractivity contribution in [1.29, 1.82) is 0 Å². The molecule has 1 heterocycles. The molecule has 0 radical (unpaired) electrons. The minimum Gasteiger partial charge on any atom is -0.404 e. The maximum Gasteiger partial charge on any atom is 0.573 e. The number of thioether (sulfide) groups is 1. The molecular formula is C26H20F3N3O3S. The fraction of sp³-hybridized carbons (Fsp3) is 0.115. The molecular weight excluding hydrogens is 491 g/mol. The number of hydrogen-bond donors (Lipinski definition) is 1. The highest BCUT2D eigenvalue weighted by molar-refractivity contribution is 8.14. The predicted molar refractivity (Wildman–Crippen MR) is 135 cm³/mol. The average molecular weight is 512 g/mol. The van der Waals surface area contributed by atoms with Crippen LogP contribution in [0.4, 0.5) is 24.5 Å². The van der Waals surface area contributed by atoms with Crippen LogP contribution in [0.25, 0.3) is 6.08 Å². The van der Waals surface area contributed by atoms with Crippen molar-refractivity contribution in [3.63, 3.8) is 0 Å². The summed E-state index contributed by atoms with van der Waals surface area (Å²) in [6, 6.07) is 21.7.